The lowest BCUT2D eigenvalue weighted by Crippen LogP contribution is -2.52. The molecule has 8 heteroatoms. The van der Waals surface area contributed by atoms with E-state index in [4.69, 9.17) is 9.72 Å². The van der Waals surface area contributed by atoms with E-state index in [1.807, 2.05) is 30.3 Å². The molecule has 1 unspecified atom stereocenters. The fourth-order valence-corrected chi connectivity index (χ4v) is 5.53. The molecule has 1 atom stereocenters. The second-order valence-electron chi connectivity index (χ2n) is 8.95. The van der Waals surface area contributed by atoms with E-state index in [2.05, 4.69) is 43.3 Å². The summed E-state index contributed by atoms with van der Waals surface area (Å²) in [5.74, 6) is 2.03. The Balaban J connectivity index is 1.15. The maximum atomic E-state index is 13.3. The first-order valence-corrected chi connectivity index (χ1v) is 12.8. The quantitative estimate of drug-likeness (QED) is 0.540. The van der Waals surface area contributed by atoms with Crippen LogP contribution >= 0.6 is 11.5 Å². The van der Waals surface area contributed by atoms with Crippen LogP contribution in [0.4, 0.5) is 10.8 Å². The summed E-state index contributed by atoms with van der Waals surface area (Å²) in [5, 5.41) is 0.938. The van der Waals surface area contributed by atoms with Crippen LogP contribution in [0.15, 0.2) is 54.6 Å². The van der Waals surface area contributed by atoms with Gasteiger partial charge in [0, 0.05) is 62.9 Å². The van der Waals surface area contributed by atoms with E-state index in [0.717, 1.165) is 75.2 Å². The van der Waals surface area contributed by atoms with Crippen molar-refractivity contribution in [1.29, 1.82) is 0 Å². The number of ether oxygens (including phenoxy) is 1. The van der Waals surface area contributed by atoms with Crippen molar-refractivity contribution in [2.75, 3.05) is 56.2 Å². The van der Waals surface area contributed by atoms with Crippen molar-refractivity contribution < 1.29 is 9.53 Å². The Morgan fingerprint density at radius 1 is 1.00 bits per heavy atom. The number of methoxy groups -OCH3 is 1. The molecular formula is C26H31N5O2S. The molecule has 34 heavy (non-hydrogen) atoms. The Kier molecular flexibility index (Phi) is 6.94. The van der Waals surface area contributed by atoms with E-state index in [0.29, 0.717) is 0 Å². The minimum atomic E-state index is 0.0303. The van der Waals surface area contributed by atoms with Crippen LogP contribution in [0.1, 0.15) is 24.2 Å². The second kappa shape index (κ2) is 10.4. The van der Waals surface area contributed by atoms with E-state index in [1.165, 1.54) is 22.8 Å². The number of nitrogens with zero attached hydrogens (tertiary/aromatic N) is 5. The normalized spacial score (nSPS) is 18.7. The molecule has 2 aliphatic heterocycles. The first-order chi connectivity index (χ1) is 16.7. The Morgan fingerprint density at radius 3 is 2.50 bits per heavy atom. The van der Waals surface area contributed by atoms with Crippen LogP contribution in [0.3, 0.4) is 0 Å². The summed E-state index contributed by atoms with van der Waals surface area (Å²) < 4.78 is 9.83. The molecule has 2 saturated heterocycles. The fraction of sp³-hybridized carbons (Fsp3) is 0.423. The number of hydrogen-bond donors (Lipinski definition) is 0. The van der Waals surface area contributed by atoms with E-state index >= 15 is 0 Å². The summed E-state index contributed by atoms with van der Waals surface area (Å²) in [4.78, 5) is 24.8. The Hall–Kier alpha value is -3.13. The van der Waals surface area contributed by atoms with Crippen molar-refractivity contribution >= 4 is 28.3 Å². The van der Waals surface area contributed by atoms with Crippen LogP contribution in [0.25, 0.3) is 0 Å². The predicted octanol–water partition coefficient (Wildman–Crippen LogP) is 3.70. The number of piperazine rings is 1. The zero-order valence-corrected chi connectivity index (χ0v) is 20.4. The number of anilines is 2. The number of piperidine rings is 1. The molecule has 0 N–H and O–H groups in total. The predicted molar refractivity (Wildman–Crippen MR) is 136 cm³/mol. The summed E-state index contributed by atoms with van der Waals surface area (Å²) in [7, 11) is 1.68. The molecule has 7 nitrogen and oxygen atoms in total. The Bertz CT molecular complexity index is 1080. The minimum Gasteiger partial charge on any atom is -0.497 e. The van der Waals surface area contributed by atoms with Gasteiger partial charge < -0.3 is 19.4 Å². The lowest BCUT2D eigenvalue weighted by atomic mass is 9.96. The molecule has 0 saturated carbocycles. The van der Waals surface area contributed by atoms with Gasteiger partial charge in [-0.15, -0.1) is 0 Å². The average Bonchev–Trinajstić information content (AvgIpc) is 3.37. The standard InChI is InChI=1S/C26H31N5O2S/c1-33-23-11-9-22(10-12-23)29-14-16-30(17-15-29)25(32)21-8-5-13-31(19-21)26-27-24(28-34-26)18-20-6-3-2-4-7-20/h2-4,6-7,9-12,21H,5,8,13-19H2,1H3. The van der Waals surface area contributed by atoms with Crippen LogP contribution in [-0.2, 0) is 11.2 Å². The number of amides is 1. The van der Waals surface area contributed by atoms with Crippen LogP contribution in [-0.4, -0.2) is 66.5 Å². The number of benzene rings is 2. The van der Waals surface area contributed by atoms with E-state index in [1.54, 1.807) is 7.11 Å². The summed E-state index contributed by atoms with van der Waals surface area (Å²) in [6.07, 6.45) is 2.70. The average molecular weight is 478 g/mol. The largest absolute Gasteiger partial charge is 0.497 e. The third-order valence-electron chi connectivity index (χ3n) is 6.73. The topological polar surface area (TPSA) is 61.8 Å². The Labute approximate surface area is 205 Å². The van der Waals surface area contributed by atoms with Gasteiger partial charge in [0.05, 0.1) is 13.0 Å². The lowest BCUT2D eigenvalue weighted by molar-refractivity contribution is -0.136. The zero-order valence-electron chi connectivity index (χ0n) is 19.6. The van der Waals surface area contributed by atoms with Crippen molar-refractivity contribution in [3.63, 3.8) is 0 Å². The minimum absolute atomic E-state index is 0.0303. The molecule has 3 aromatic rings. The van der Waals surface area contributed by atoms with Crippen molar-refractivity contribution in [2.24, 2.45) is 5.92 Å². The molecule has 2 fully saturated rings. The van der Waals surface area contributed by atoms with Crippen molar-refractivity contribution in [2.45, 2.75) is 19.3 Å². The summed E-state index contributed by atoms with van der Waals surface area (Å²) in [5.41, 5.74) is 2.40. The third-order valence-corrected chi connectivity index (χ3v) is 7.55. The molecule has 178 valence electrons. The highest BCUT2D eigenvalue weighted by Crippen LogP contribution is 2.27. The van der Waals surface area contributed by atoms with Gasteiger partial charge in [0.2, 0.25) is 11.0 Å². The lowest BCUT2D eigenvalue weighted by Gasteiger charge is -2.39. The number of carbonyl (C=O) groups excluding carboxylic acids is 1. The molecule has 0 aliphatic carbocycles. The van der Waals surface area contributed by atoms with Gasteiger partial charge in [-0.05, 0) is 42.7 Å². The van der Waals surface area contributed by atoms with Crippen molar-refractivity contribution in [3.8, 4) is 5.75 Å². The van der Waals surface area contributed by atoms with Gasteiger partial charge in [-0.2, -0.15) is 4.37 Å². The van der Waals surface area contributed by atoms with Crippen molar-refractivity contribution in [3.05, 3.63) is 66.0 Å². The molecule has 1 amide bonds. The van der Waals surface area contributed by atoms with E-state index < -0.39 is 0 Å². The summed E-state index contributed by atoms with van der Waals surface area (Å²) >= 11 is 1.45. The number of aromatic nitrogens is 2. The van der Waals surface area contributed by atoms with Gasteiger partial charge >= 0.3 is 0 Å². The molecular weight excluding hydrogens is 446 g/mol. The SMILES string of the molecule is COc1ccc(N2CCN(C(=O)C3CCCN(c4nc(Cc5ccccc5)ns4)C3)CC2)cc1. The van der Waals surface area contributed by atoms with Crippen LogP contribution in [0.5, 0.6) is 5.75 Å². The van der Waals surface area contributed by atoms with Gasteiger partial charge in [-0.3, -0.25) is 4.79 Å². The van der Waals surface area contributed by atoms with Gasteiger partial charge in [0.15, 0.2) is 0 Å². The molecule has 0 radical (unpaired) electrons. The molecule has 2 aliphatic rings. The van der Waals surface area contributed by atoms with Gasteiger partial charge in [-0.25, -0.2) is 4.98 Å². The fourth-order valence-electron chi connectivity index (χ4n) is 4.81. The van der Waals surface area contributed by atoms with Gasteiger partial charge in [0.25, 0.3) is 0 Å². The van der Waals surface area contributed by atoms with Crippen LogP contribution < -0.4 is 14.5 Å². The number of carbonyl (C=O) groups is 1. The molecule has 1 aromatic heterocycles. The van der Waals surface area contributed by atoms with Gasteiger partial charge in [-0.1, -0.05) is 30.3 Å². The highest BCUT2D eigenvalue weighted by molar-refractivity contribution is 7.09. The summed E-state index contributed by atoms with van der Waals surface area (Å²) in [6.45, 7) is 4.91. The number of rotatable bonds is 6. The monoisotopic (exact) mass is 477 g/mol. The highest BCUT2D eigenvalue weighted by atomic mass is 32.1. The maximum absolute atomic E-state index is 13.3. The number of hydrogen-bond acceptors (Lipinski definition) is 7. The smallest absolute Gasteiger partial charge is 0.227 e. The first kappa shape index (κ1) is 22.7. The molecule has 0 bridgehead atoms. The van der Waals surface area contributed by atoms with Crippen LogP contribution in [0.2, 0.25) is 0 Å². The second-order valence-corrected chi connectivity index (χ2v) is 9.68. The first-order valence-electron chi connectivity index (χ1n) is 12.0. The zero-order chi connectivity index (χ0) is 23.3. The van der Waals surface area contributed by atoms with Crippen molar-refractivity contribution in [1.82, 2.24) is 14.3 Å². The van der Waals surface area contributed by atoms with E-state index in [-0.39, 0.29) is 11.8 Å². The molecule has 2 aromatic carbocycles. The summed E-state index contributed by atoms with van der Waals surface area (Å²) in [6, 6.07) is 18.5. The van der Waals surface area contributed by atoms with Crippen LogP contribution in [0, 0.1) is 5.92 Å². The maximum Gasteiger partial charge on any atom is 0.227 e. The molecule has 0 spiro atoms. The molecule has 3 heterocycles. The Morgan fingerprint density at radius 2 is 1.76 bits per heavy atom. The highest BCUT2D eigenvalue weighted by Gasteiger charge is 2.32. The molecule has 5 rings (SSSR count). The third kappa shape index (κ3) is 5.17. The van der Waals surface area contributed by atoms with Gasteiger partial charge in [0.1, 0.15) is 11.6 Å². The van der Waals surface area contributed by atoms with E-state index in [9.17, 15) is 4.79 Å².